The fraction of sp³-hybridized carbons (Fsp3) is 0.133. The van der Waals surface area contributed by atoms with Gasteiger partial charge >= 0.3 is 0 Å². The molecule has 0 heterocycles. The molecule has 0 fully saturated rings. The molecule has 2 aromatic carbocycles. The molecule has 1 amide bonds. The van der Waals surface area contributed by atoms with Gasteiger partial charge in [0.15, 0.2) is 0 Å². The molecule has 0 aliphatic carbocycles. The summed E-state index contributed by atoms with van der Waals surface area (Å²) < 4.78 is 5.45. The standard InChI is InChI=1S/C15H15ClN2O2/c16-13-3-1-2-4-14(13)20-10-9-15(19)18-12-7-5-11(17)6-8-12/h1-8H,9-10,17H2,(H,18,19). The highest BCUT2D eigenvalue weighted by molar-refractivity contribution is 6.32. The number of hydrogen-bond acceptors (Lipinski definition) is 3. The average molecular weight is 291 g/mol. The number of ether oxygens (including phenoxy) is 1. The molecule has 0 spiro atoms. The number of anilines is 2. The number of rotatable bonds is 5. The van der Waals surface area contributed by atoms with Gasteiger partial charge in [-0.2, -0.15) is 0 Å². The third-order valence-electron chi connectivity index (χ3n) is 2.62. The van der Waals surface area contributed by atoms with E-state index in [0.29, 0.717) is 22.1 Å². The van der Waals surface area contributed by atoms with Crippen molar-refractivity contribution >= 4 is 28.9 Å². The summed E-state index contributed by atoms with van der Waals surface area (Å²) in [6.07, 6.45) is 0.246. The van der Waals surface area contributed by atoms with Crippen molar-refractivity contribution in [1.82, 2.24) is 0 Å². The van der Waals surface area contributed by atoms with Gasteiger partial charge in [0.2, 0.25) is 5.91 Å². The van der Waals surface area contributed by atoms with Crippen LogP contribution in [0.25, 0.3) is 0 Å². The first-order valence-electron chi connectivity index (χ1n) is 6.18. The number of hydrogen-bond donors (Lipinski definition) is 2. The monoisotopic (exact) mass is 290 g/mol. The largest absolute Gasteiger partial charge is 0.491 e. The number of nitrogens with one attached hydrogen (secondary N) is 1. The highest BCUT2D eigenvalue weighted by Gasteiger charge is 2.04. The first kappa shape index (κ1) is 14.2. The maximum Gasteiger partial charge on any atom is 0.227 e. The smallest absolute Gasteiger partial charge is 0.227 e. The second-order valence-electron chi connectivity index (χ2n) is 4.20. The van der Waals surface area contributed by atoms with Crippen LogP contribution in [0.15, 0.2) is 48.5 Å². The minimum Gasteiger partial charge on any atom is -0.491 e. The van der Waals surface area contributed by atoms with Crippen molar-refractivity contribution in [2.24, 2.45) is 0 Å². The summed E-state index contributed by atoms with van der Waals surface area (Å²) in [4.78, 5) is 11.7. The van der Waals surface area contributed by atoms with Crippen molar-refractivity contribution in [3.63, 3.8) is 0 Å². The van der Waals surface area contributed by atoms with Crippen LogP contribution in [0.2, 0.25) is 5.02 Å². The van der Waals surface area contributed by atoms with Crippen molar-refractivity contribution in [2.75, 3.05) is 17.7 Å². The molecule has 104 valence electrons. The Hall–Kier alpha value is -2.20. The molecule has 4 nitrogen and oxygen atoms in total. The summed E-state index contributed by atoms with van der Waals surface area (Å²) in [5.74, 6) is 0.455. The van der Waals surface area contributed by atoms with Gasteiger partial charge in [0.1, 0.15) is 5.75 Å². The highest BCUT2D eigenvalue weighted by Crippen LogP contribution is 2.23. The van der Waals surface area contributed by atoms with E-state index in [2.05, 4.69) is 5.32 Å². The molecule has 0 aromatic heterocycles. The Morgan fingerprint density at radius 1 is 1.15 bits per heavy atom. The van der Waals surface area contributed by atoms with Crippen LogP contribution in [0, 0.1) is 0 Å². The van der Waals surface area contributed by atoms with Crippen LogP contribution in [0.5, 0.6) is 5.75 Å². The number of nitrogen functional groups attached to an aromatic ring is 1. The van der Waals surface area contributed by atoms with Crippen LogP contribution in [0.1, 0.15) is 6.42 Å². The molecule has 0 radical (unpaired) electrons. The quantitative estimate of drug-likeness (QED) is 0.830. The fourth-order valence-electron chi connectivity index (χ4n) is 1.61. The van der Waals surface area contributed by atoms with E-state index in [9.17, 15) is 4.79 Å². The molecule has 0 saturated heterocycles. The number of nitrogens with two attached hydrogens (primary N) is 1. The molecule has 0 saturated carbocycles. The first-order chi connectivity index (χ1) is 9.65. The minimum absolute atomic E-state index is 0.123. The van der Waals surface area contributed by atoms with Crippen molar-refractivity contribution in [3.8, 4) is 5.75 Å². The van der Waals surface area contributed by atoms with E-state index < -0.39 is 0 Å². The van der Waals surface area contributed by atoms with Gasteiger partial charge in [0.25, 0.3) is 0 Å². The Morgan fingerprint density at radius 3 is 2.55 bits per heavy atom. The minimum atomic E-state index is -0.123. The van der Waals surface area contributed by atoms with E-state index in [0.717, 1.165) is 0 Å². The number of amides is 1. The van der Waals surface area contributed by atoms with E-state index in [4.69, 9.17) is 22.1 Å². The Kier molecular flexibility index (Phi) is 4.85. The zero-order valence-electron chi connectivity index (χ0n) is 10.8. The highest BCUT2D eigenvalue weighted by atomic mass is 35.5. The zero-order chi connectivity index (χ0) is 14.4. The predicted octanol–water partition coefficient (Wildman–Crippen LogP) is 3.33. The Labute approximate surface area is 122 Å². The van der Waals surface area contributed by atoms with Crippen molar-refractivity contribution in [1.29, 1.82) is 0 Å². The van der Waals surface area contributed by atoms with Crippen molar-refractivity contribution < 1.29 is 9.53 Å². The van der Waals surface area contributed by atoms with E-state index in [1.54, 1.807) is 36.4 Å². The summed E-state index contributed by atoms with van der Waals surface area (Å²) in [5, 5.41) is 3.30. The SMILES string of the molecule is Nc1ccc(NC(=O)CCOc2ccccc2Cl)cc1. The average Bonchev–Trinajstić information content (AvgIpc) is 2.43. The summed E-state index contributed by atoms with van der Waals surface area (Å²) in [6.45, 7) is 0.268. The van der Waals surface area contributed by atoms with Gasteiger partial charge in [-0.15, -0.1) is 0 Å². The number of carbonyl (C=O) groups is 1. The molecule has 3 N–H and O–H groups in total. The van der Waals surface area contributed by atoms with Gasteiger partial charge < -0.3 is 15.8 Å². The number of halogens is 1. The van der Waals surface area contributed by atoms with Gasteiger partial charge in [-0.3, -0.25) is 4.79 Å². The maximum atomic E-state index is 11.7. The lowest BCUT2D eigenvalue weighted by Gasteiger charge is -2.08. The molecule has 5 heteroatoms. The Balaban J connectivity index is 1.78. The van der Waals surface area contributed by atoms with E-state index in [1.165, 1.54) is 0 Å². The normalized spacial score (nSPS) is 10.1. The first-order valence-corrected chi connectivity index (χ1v) is 6.55. The van der Waals surface area contributed by atoms with E-state index in [-0.39, 0.29) is 18.9 Å². The maximum absolute atomic E-state index is 11.7. The van der Waals surface area contributed by atoms with Crippen LogP contribution in [0.4, 0.5) is 11.4 Å². The van der Waals surface area contributed by atoms with Crippen LogP contribution < -0.4 is 15.8 Å². The third-order valence-corrected chi connectivity index (χ3v) is 2.93. The molecule has 0 bridgehead atoms. The van der Waals surface area contributed by atoms with E-state index in [1.807, 2.05) is 12.1 Å². The molecular weight excluding hydrogens is 276 g/mol. The van der Waals surface area contributed by atoms with Crippen molar-refractivity contribution in [3.05, 3.63) is 53.6 Å². The number of benzene rings is 2. The van der Waals surface area contributed by atoms with Gasteiger partial charge in [0.05, 0.1) is 18.1 Å². The third kappa shape index (κ3) is 4.17. The fourth-order valence-corrected chi connectivity index (χ4v) is 1.80. The number of carbonyl (C=O) groups excluding carboxylic acids is 1. The van der Waals surface area contributed by atoms with Gasteiger partial charge in [-0.05, 0) is 36.4 Å². The van der Waals surface area contributed by atoms with Crippen LogP contribution in [0.3, 0.4) is 0 Å². The molecule has 0 aliphatic heterocycles. The van der Waals surface area contributed by atoms with Crippen LogP contribution in [-0.2, 0) is 4.79 Å². The molecule has 2 aromatic rings. The van der Waals surface area contributed by atoms with E-state index >= 15 is 0 Å². The lowest BCUT2D eigenvalue weighted by Crippen LogP contribution is -2.15. The van der Waals surface area contributed by atoms with Crippen LogP contribution >= 0.6 is 11.6 Å². The summed E-state index contributed by atoms with van der Waals surface area (Å²) in [5.41, 5.74) is 6.94. The second kappa shape index (κ2) is 6.82. The number of para-hydroxylation sites is 1. The second-order valence-corrected chi connectivity index (χ2v) is 4.61. The molecule has 0 aliphatic rings. The Bertz CT molecular complexity index is 585. The van der Waals surface area contributed by atoms with Gasteiger partial charge in [-0.25, -0.2) is 0 Å². The topological polar surface area (TPSA) is 64.3 Å². The van der Waals surface area contributed by atoms with Crippen molar-refractivity contribution in [2.45, 2.75) is 6.42 Å². The lowest BCUT2D eigenvalue weighted by atomic mass is 10.3. The van der Waals surface area contributed by atoms with Gasteiger partial charge in [-0.1, -0.05) is 23.7 Å². The zero-order valence-corrected chi connectivity index (χ0v) is 11.6. The summed E-state index contributed by atoms with van der Waals surface area (Å²) in [6, 6.07) is 14.1. The summed E-state index contributed by atoms with van der Waals surface area (Å²) in [7, 11) is 0. The van der Waals surface area contributed by atoms with Crippen LogP contribution in [-0.4, -0.2) is 12.5 Å². The molecule has 0 unspecified atom stereocenters. The lowest BCUT2D eigenvalue weighted by molar-refractivity contribution is -0.116. The molecule has 2 rings (SSSR count). The van der Waals surface area contributed by atoms with Gasteiger partial charge in [0, 0.05) is 11.4 Å². The Morgan fingerprint density at radius 2 is 1.85 bits per heavy atom. The summed E-state index contributed by atoms with van der Waals surface area (Å²) >= 11 is 5.95. The predicted molar refractivity (Wildman–Crippen MR) is 81.0 cm³/mol. The molecular formula is C15H15ClN2O2. The molecule has 20 heavy (non-hydrogen) atoms. The molecule has 0 atom stereocenters.